The smallest absolute Gasteiger partial charge is 0.233 e. The summed E-state index contributed by atoms with van der Waals surface area (Å²) in [4.78, 5) is 24.4. The number of aryl methyl sites for hydroxylation is 1. The fraction of sp³-hybridized carbons (Fsp3) is 0.318. The van der Waals surface area contributed by atoms with Crippen LogP contribution in [0.15, 0.2) is 53.7 Å². The lowest BCUT2D eigenvalue weighted by Gasteiger charge is -2.31. The quantitative estimate of drug-likeness (QED) is 0.448. The third-order valence-electron chi connectivity index (χ3n) is 5.50. The zero-order chi connectivity index (χ0) is 19.8. The highest BCUT2D eigenvalue weighted by Gasteiger charge is 2.27. The molecule has 1 aliphatic heterocycles. The first-order chi connectivity index (χ1) is 14.2. The predicted molar refractivity (Wildman–Crippen MR) is 120 cm³/mol. The second kappa shape index (κ2) is 7.80. The Morgan fingerprint density at radius 1 is 1.14 bits per heavy atom. The summed E-state index contributed by atoms with van der Waals surface area (Å²) in [6, 6.07) is 16.3. The summed E-state index contributed by atoms with van der Waals surface area (Å²) in [5.41, 5.74) is 3.13. The second-order valence-electron chi connectivity index (χ2n) is 7.43. The van der Waals surface area contributed by atoms with Crippen molar-refractivity contribution in [1.82, 2.24) is 19.4 Å². The Morgan fingerprint density at radius 3 is 2.76 bits per heavy atom. The van der Waals surface area contributed by atoms with Gasteiger partial charge in [0.15, 0.2) is 5.16 Å². The maximum Gasteiger partial charge on any atom is 0.233 e. The van der Waals surface area contributed by atoms with Crippen LogP contribution in [0.3, 0.4) is 0 Å². The number of para-hydroxylation sites is 3. The van der Waals surface area contributed by atoms with Crippen LogP contribution in [0.25, 0.3) is 21.3 Å². The second-order valence-corrected chi connectivity index (χ2v) is 9.43. The average Bonchev–Trinajstić information content (AvgIpc) is 3.34. The first-order valence-electron chi connectivity index (χ1n) is 9.86. The normalized spacial score (nSPS) is 17.3. The number of nitrogens with zero attached hydrogens (tertiary/aromatic N) is 4. The summed E-state index contributed by atoms with van der Waals surface area (Å²) in [6.45, 7) is 1.60. The zero-order valence-electron chi connectivity index (χ0n) is 16.2. The number of imidazole rings is 1. The molecule has 148 valence electrons. The van der Waals surface area contributed by atoms with Crippen LogP contribution < -0.4 is 0 Å². The van der Waals surface area contributed by atoms with E-state index in [9.17, 15) is 4.79 Å². The van der Waals surface area contributed by atoms with Gasteiger partial charge in [0.05, 0.1) is 32.0 Å². The zero-order valence-corrected chi connectivity index (χ0v) is 17.9. The summed E-state index contributed by atoms with van der Waals surface area (Å²) < 4.78 is 3.29. The van der Waals surface area contributed by atoms with Gasteiger partial charge in [-0.25, -0.2) is 9.97 Å². The molecule has 4 aromatic rings. The number of carbonyl (C=O) groups is 1. The lowest BCUT2D eigenvalue weighted by atomic mass is 9.99. The lowest BCUT2D eigenvalue weighted by molar-refractivity contribution is -0.129. The molecule has 2 aromatic heterocycles. The molecule has 0 radical (unpaired) electrons. The summed E-state index contributed by atoms with van der Waals surface area (Å²) in [6.07, 6.45) is 2.13. The molecule has 0 N–H and O–H groups in total. The molecule has 1 atom stereocenters. The van der Waals surface area contributed by atoms with Crippen LogP contribution in [-0.2, 0) is 11.8 Å². The number of rotatable bonds is 4. The Kier molecular flexibility index (Phi) is 5.01. The highest BCUT2D eigenvalue weighted by molar-refractivity contribution is 7.99. The number of thiazole rings is 1. The monoisotopic (exact) mass is 422 g/mol. The number of hydrogen-bond acceptors (Lipinski definition) is 5. The average molecular weight is 423 g/mol. The van der Waals surface area contributed by atoms with E-state index in [1.165, 1.54) is 16.5 Å². The molecule has 29 heavy (non-hydrogen) atoms. The molecule has 0 aliphatic carbocycles. The van der Waals surface area contributed by atoms with E-state index in [1.54, 1.807) is 11.3 Å². The Labute approximate surface area is 177 Å². The number of likely N-dealkylation sites (tertiary alicyclic amines) is 1. The van der Waals surface area contributed by atoms with Crippen molar-refractivity contribution in [3.8, 4) is 0 Å². The van der Waals surface area contributed by atoms with Crippen molar-refractivity contribution in [3.63, 3.8) is 0 Å². The molecular weight excluding hydrogens is 400 g/mol. The Balaban J connectivity index is 1.26. The van der Waals surface area contributed by atoms with Crippen LogP contribution in [-0.4, -0.2) is 44.2 Å². The first kappa shape index (κ1) is 18.6. The molecule has 1 aliphatic rings. The molecule has 7 heteroatoms. The molecule has 0 spiro atoms. The summed E-state index contributed by atoms with van der Waals surface area (Å²) in [7, 11) is 2.01. The van der Waals surface area contributed by atoms with Crippen molar-refractivity contribution in [3.05, 3.63) is 53.5 Å². The number of amides is 1. The van der Waals surface area contributed by atoms with Gasteiger partial charge in [0.2, 0.25) is 5.91 Å². The maximum atomic E-state index is 12.9. The van der Waals surface area contributed by atoms with Gasteiger partial charge >= 0.3 is 0 Å². The van der Waals surface area contributed by atoms with E-state index in [0.29, 0.717) is 11.7 Å². The Morgan fingerprint density at radius 2 is 1.93 bits per heavy atom. The first-order valence-corrected chi connectivity index (χ1v) is 11.7. The molecule has 0 saturated carbocycles. The van der Waals surface area contributed by atoms with Crippen LogP contribution in [0, 0.1) is 0 Å². The van der Waals surface area contributed by atoms with E-state index in [-0.39, 0.29) is 5.91 Å². The van der Waals surface area contributed by atoms with Gasteiger partial charge in [-0.05, 0) is 37.1 Å². The van der Waals surface area contributed by atoms with Crippen molar-refractivity contribution in [2.24, 2.45) is 7.05 Å². The molecule has 1 fully saturated rings. The third kappa shape index (κ3) is 3.65. The van der Waals surface area contributed by atoms with E-state index in [1.807, 2.05) is 36.2 Å². The van der Waals surface area contributed by atoms with E-state index in [4.69, 9.17) is 4.98 Å². The van der Waals surface area contributed by atoms with Crippen LogP contribution in [0.1, 0.15) is 23.8 Å². The largest absolute Gasteiger partial charge is 0.341 e. The van der Waals surface area contributed by atoms with E-state index in [2.05, 4.69) is 33.8 Å². The van der Waals surface area contributed by atoms with Crippen molar-refractivity contribution < 1.29 is 4.79 Å². The van der Waals surface area contributed by atoms with Crippen LogP contribution >= 0.6 is 23.1 Å². The van der Waals surface area contributed by atoms with Gasteiger partial charge < -0.3 is 9.47 Å². The minimum atomic E-state index is 0.188. The van der Waals surface area contributed by atoms with E-state index >= 15 is 0 Å². The number of thioether (sulfide) groups is 1. The topological polar surface area (TPSA) is 51.0 Å². The van der Waals surface area contributed by atoms with Gasteiger partial charge in [0.1, 0.15) is 0 Å². The standard InChI is InChI=1S/C22H22N4OS2/c1-25-18-10-4-2-8-16(18)24-22(25)28-14-20(27)26-12-6-7-15(13-26)21-23-17-9-3-5-11-19(17)29-21/h2-5,8-11,15H,6-7,12-14H2,1H3/t15-/m1/s1. The minimum Gasteiger partial charge on any atom is -0.341 e. The number of hydrogen-bond donors (Lipinski definition) is 0. The maximum absolute atomic E-state index is 12.9. The van der Waals surface area contributed by atoms with Gasteiger partial charge in [-0.15, -0.1) is 11.3 Å². The van der Waals surface area contributed by atoms with E-state index in [0.717, 1.165) is 52.6 Å². The van der Waals surface area contributed by atoms with Gasteiger partial charge in [0, 0.05) is 26.1 Å². The molecule has 0 unspecified atom stereocenters. The van der Waals surface area contributed by atoms with E-state index < -0.39 is 0 Å². The van der Waals surface area contributed by atoms with Crippen molar-refractivity contribution in [2.45, 2.75) is 23.9 Å². The Bertz CT molecular complexity index is 1150. The molecule has 5 nitrogen and oxygen atoms in total. The molecule has 5 rings (SSSR count). The highest BCUT2D eigenvalue weighted by atomic mass is 32.2. The number of piperidine rings is 1. The summed E-state index contributed by atoms with van der Waals surface area (Å²) >= 11 is 3.29. The number of benzene rings is 2. The van der Waals surface area contributed by atoms with Crippen LogP contribution in [0.5, 0.6) is 0 Å². The molecule has 3 heterocycles. The number of fused-ring (bicyclic) bond motifs is 2. The summed E-state index contributed by atoms with van der Waals surface area (Å²) in [5.74, 6) is 0.947. The molecule has 0 bridgehead atoms. The molecule has 1 saturated heterocycles. The van der Waals surface area contributed by atoms with Gasteiger partial charge in [-0.1, -0.05) is 36.0 Å². The SMILES string of the molecule is Cn1c(SCC(=O)N2CCC[C@@H](c3nc4ccccc4s3)C2)nc2ccccc21. The van der Waals surface area contributed by atoms with Crippen LogP contribution in [0.4, 0.5) is 0 Å². The van der Waals surface area contributed by atoms with Gasteiger partial charge in [-0.2, -0.15) is 0 Å². The van der Waals surface area contributed by atoms with Crippen molar-refractivity contribution in [1.29, 1.82) is 0 Å². The molecule has 1 amide bonds. The lowest BCUT2D eigenvalue weighted by Crippen LogP contribution is -2.40. The van der Waals surface area contributed by atoms with Gasteiger partial charge in [-0.3, -0.25) is 4.79 Å². The fourth-order valence-electron chi connectivity index (χ4n) is 3.94. The predicted octanol–water partition coefficient (Wildman–Crippen LogP) is 4.68. The highest BCUT2D eigenvalue weighted by Crippen LogP contribution is 2.33. The van der Waals surface area contributed by atoms with Crippen molar-refractivity contribution >= 4 is 50.3 Å². The number of carbonyl (C=O) groups excluding carboxylic acids is 1. The van der Waals surface area contributed by atoms with Crippen molar-refractivity contribution in [2.75, 3.05) is 18.8 Å². The van der Waals surface area contributed by atoms with Crippen LogP contribution in [0.2, 0.25) is 0 Å². The fourth-order valence-corrected chi connectivity index (χ4v) is 5.92. The van der Waals surface area contributed by atoms with Gasteiger partial charge in [0.25, 0.3) is 0 Å². The number of aromatic nitrogens is 3. The Hall–Kier alpha value is -2.38. The molecular formula is C22H22N4OS2. The summed E-state index contributed by atoms with van der Waals surface area (Å²) in [5, 5.41) is 2.05. The molecule has 2 aromatic carbocycles. The third-order valence-corrected chi connectivity index (χ3v) is 7.72. The minimum absolute atomic E-state index is 0.188.